The standard InChI is InChI=1S/C5H2ClF3N2O3S/c6-3-1-4(11-10-2-3)14-15(12,13)5(7,8)9/h1-2H. The van der Waals surface area contributed by atoms with Crippen molar-refractivity contribution in [2.75, 3.05) is 0 Å². The van der Waals surface area contributed by atoms with Crippen LogP contribution in [0.25, 0.3) is 0 Å². The molecule has 0 saturated heterocycles. The van der Waals surface area contributed by atoms with Crippen LogP contribution in [0.15, 0.2) is 12.3 Å². The average molecular weight is 263 g/mol. The molecule has 10 heteroatoms. The van der Waals surface area contributed by atoms with Gasteiger partial charge in [0.25, 0.3) is 5.88 Å². The van der Waals surface area contributed by atoms with Crippen molar-refractivity contribution in [1.29, 1.82) is 0 Å². The third-order valence-electron chi connectivity index (χ3n) is 1.08. The third-order valence-corrected chi connectivity index (χ3v) is 2.24. The summed E-state index contributed by atoms with van der Waals surface area (Å²) in [6.45, 7) is 0. The van der Waals surface area contributed by atoms with E-state index in [9.17, 15) is 21.6 Å². The van der Waals surface area contributed by atoms with Crippen LogP contribution in [0.1, 0.15) is 0 Å². The summed E-state index contributed by atoms with van der Waals surface area (Å²) < 4.78 is 60.1. The normalized spacial score (nSPS) is 12.5. The summed E-state index contributed by atoms with van der Waals surface area (Å²) >= 11 is 5.33. The number of halogens is 4. The van der Waals surface area contributed by atoms with Crippen LogP contribution >= 0.6 is 11.6 Å². The molecular weight excluding hydrogens is 261 g/mol. The van der Waals surface area contributed by atoms with Crippen molar-refractivity contribution in [3.8, 4) is 5.88 Å². The summed E-state index contributed by atoms with van der Waals surface area (Å²) in [5.74, 6) is -0.847. The predicted octanol–water partition coefficient (Wildman–Crippen LogP) is 1.36. The van der Waals surface area contributed by atoms with Gasteiger partial charge in [-0.2, -0.15) is 26.7 Å². The Kier molecular flexibility index (Phi) is 3.05. The number of rotatable bonds is 2. The fraction of sp³-hybridized carbons (Fsp3) is 0.200. The molecule has 0 aliphatic carbocycles. The van der Waals surface area contributed by atoms with E-state index in [1.165, 1.54) is 0 Å². The quantitative estimate of drug-likeness (QED) is 0.594. The van der Waals surface area contributed by atoms with E-state index in [0.29, 0.717) is 0 Å². The molecule has 84 valence electrons. The van der Waals surface area contributed by atoms with Crippen molar-refractivity contribution in [2.45, 2.75) is 5.51 Å². The molecule has 0 saturated carbocycles. The van der Waals surface area contributed by atoms with Crippen LogP contribution in [0.4, 0.5) is 13.2 Å². The largest absolute Gasteiger partial charge is 0.534 e. The Balaban J connectivity index is 2.98. The Morgan fingerprint density at radius 3 is 2.47 bits per heavy atom. The van der Waals surface area contributed by atoms with E-state index in [1.54, 1.807) is 0 Å². The highest BCUT2D eigenvalue weighted by Crippen LogP contribution is 2.26. The molecule has 1 aromatic rings. The van der Waals surface area contributed by atoms with Gasteiger partial charge in [-0.15, -0.1) is 5.10 Å². The van der Waals surface area contributed by atoms with Gasteiger partial charge >= 0.3 is 15.6 Å². The molecular formula is C5H2ClF3N2O3S. The van der Waals surface area contributed by atoms with Gasteiger partial charge in [0.2, 0.25) is 0 Å². The lowest BCUT2D eigenvalue weighted by molar-refractivity contribution is -0.0501. The molecule has 0 aromatic carbocycles. The molecule has 0 N–H and O–H groups in total. The van der Waals surface area contributed by atoms with E-state index in [1.807, 2.05) is 0 Å². The first-order valence-electron chi connectivity index (χ1n) is 3.21. The zero-order valence-electron chi connectivity index (χ0n) is 6.69. The molecule has 1 rings (SSSR count). The third kappa shape index (κ3) is 2.93. The van der Waals surface area contributed by atoms with Crippen LogP contribution in [0, 0.1) is 0 Å². The summed E-state index contributed by atoms with van der Waals surface area (Å²) in [5, 5.41) is 6.01. The van der Waals surface area contributed by atoms with Crippen LogP contribution in [-0.4, -0.2) is 24.1 Å². The molecule has 1 aromatic heterocycles. The first kappa shape index (κ1) is 12.0. The SMILES string of the molecule is O=S(=O)(Oc1cc(Cl)cnn1)C(F)(F)F. The second-order valence-electron chi connectivity index (χ2n) is 2.20. The first-order chi connectivity index (χ1) is 6.72. The summed E-state index contributed by atoms with van der Waals surface area (Å²) in [6, 6.07) is 0.790. The fourth-order valence-corrected chi connectivity index (χ4v) is 1.06. The van der Waals surface area contributed by atoms with Crippen LogP contribution in [0.5, 0.6) is 5.88 Å². The second kappa shape index (κ2) is 3.81. The van der Waals surface area contributed by atoms with E-state index in [2.05, 4.69) is 14.4 Å². The van der Waals surface area contributed by atoms with Gasteiger partial charge in [0.15, 0.2) is 0 Å². The lowest BCUT2D eigenvalue weighted by Gasteiger charge is -2.07. The highest BCUT2D eigenvalue weighted by molar-refractivity contribution is 7.87. The van der Waals surface area contributed by atoms with Crippen LogP contribution in [-0.2, 0) is 10.1 Å². The van der Waals surface area contributed by atoms with Crippen molar-refractivity contribution in [3.63, 3.8) is 0 Å². The molecule has 1 heterocycles. The Hall–Kier alpha value is -1.09. The Bertz CT molecular complexity index is 461. The molecule has 0 bridgehead atoms. The lowest BCUT2D eigenvalue weighted by atomic mass is 10.6. The topological polar surface area (TPSA) is 69.2 Å². The van der Waals surface area contributed by atoms with Gasteiger partial charge in [-0.05, 0) is 0 Å². The van der Waals surface area contributed by atoms with Crippen LogP contribution in [0.2, 0.25) is 5.02 Å². The maximum absolute atomic E-state index is 11.8. The van der Waals surface area contributed by atoms with Gasteiger partial charge in [0, 0.05) is 6.07 Å². The summed E-state index contributed by atoms with van der Waals surface area (Å²) in [5.41, 5.74) is -5.52. The van der Waals surface area contributed by atoms with Gasteiger partial charge in [-0.1, -0.05) is 11.6 Å². The van der Waals surface area contributed by atoms with Gasteiger partial charge < -0.3 is 4.18 Å². The summed E-state index contributed by atoms with van der Waals surface area (Å²) in [6.07, 6.45) is 1.01. The molecule has 0 fully saturated rings. The number of nitrogens with zero attached hydrogens (tertiary/aromatic N) is 2. The smallest absolute Gasteiger partial charge is 0.354 e. The number of hydrogen-bond donors (Lipinski definition) is 0. The van der Waals surface area contributed by atoms with Crippen molar-refractivity contribution in [3.05, 3.63) is 17.3 Å². The van der Waals surface area contributed by atoms with E-state index in [4.69, 9.17) is 11.6 Å². The van der Waals surface area contributed by atoms with E-state index in [0.717, 1.165) is 12.3 Å². The Morgan fingerprint density at radius 2 is 2.00 bits per heavy atom. The highest BCUT2D eigenvalue weighted by atomic mass is 35.5. The Labute approximate surface area is 87.0 Å². The zero-order valence-corrected chi connectivity index (χ0v) is 8.27. The second-order valence-corrected chi connectivity index (χ2v) is 4.17. The maximum atomic E-state index is 11.8. The molecule has 0 amide bonds. The molecule has 0 aliphatic rings. The minimum absolute atomic E-state index is 0.0997. The maximum Gasteiger partial charge on any atom is 0.534 e. The molecule has 15 heavy (non-hydrogen) atoms. The minimum Gasteiger partial charge on any atom is -0.354 e. The predicted molar refractivity (Wildman–Crippen MR) is 42.6 cm³/mol. The molecule has 0 radical (unpaired) electrons. The number of aromatic nitrogens is 2. The van der Waals surface area contributed by atoms with Gasteiger partial charge in [0.1, 0.15) is 0 Å². The van der Waals surface area contributed by atoms with E-state index < -0.39 is 21.5 Å². The molecule has 0 spiro atoms. The fourth-order valence-electron chi connectivity index (χ4n) is 0.525. The van der Waals surface area contributed by atoms with Crippen LogP contribution < -0.4 is 4.18 Å². The van der Waals surface area contributed by atoms with Crippen molar-refractivity contribution in [2.24, 2.45) is 0 Å². The summed E-state index contributed by atoms with van der Waals surface area (Å²) in [7, 11) is -5.73. The zero-order chi connectivity index (χ0) is 11.7. The molecule has 5 nitrogen and oxygen atoms in total. The van der Waals surface area contributed by atoms with E-state index in [-0.39, 0.29) is 5.02 Å². The van der Waals surface area contributed by atoms with Crippen LogP contribution in [0.3, 0.4) is 0 Å². The van der Waals surface area contributed by atoms with E-state index >= 15 is 0 Å². The van der Waals surface area contributed by atoms with Crippen molar-refractivity contribution in [1.82, 2.24) is 10.2 Å². The lowest BCUT2D eigenvalue weighted by Crippen LogP contribution is -2.28. The minimum atomic E-state index is -5.73. The van der Waals surface area contributed by atoms with Gasteiger partial charge in [-0.3, -0.25) is 0 Å². The highest BCUT2D eigenvalue weighted by Gasteiger charge is 2.48. The monoisotopic (exact) mass is 262 g/mol. The summed E-state index contributed by atoms with van der Waals surface area (Å²) in [4.78, 5) is 0. The van der Waals surface area contributed by atoms with Crippen molar-refractivity contribution >= 4 is 21.7 Å². The first-order valence-corrected chi connectivity index (χ1v) is 5.00. The Morgan fingerprint density at radius 1 is 1.40 bits per heavy atom. The van der Waals surface area contributed by atoms with Gasteiger partial charge in [0.05, 0.1) is 11.2 Å². The number of hydrogen-bond acceptors (Lipinski definition) is 5. The average Bonchev–Trinajstić information content (AvgIpc) is 2.00. The number of alkyl halides is 3. The van der Waals surface area contributed by atoms with Crippen molar-refractivity contribution < 1.29 is 25.8 Å². The molecule has 0 aliphatic heterocycles. The molecule has 0 atom stereocenters. The van der Waals surface area contributed by atoms with Gasteiger partial charge in [-0.25, -0.2) is 0 Å². The molecule has 0 unspecified atom stereocenters.